The third kappa shape index (κ3) is 5.53. The summed E-state index contributed by atoms with van der Waals surface area (Å²) >= 11 is 0. The number of carbonyl (C=O) groups is 1. The molecule has 0 aromatic heterocycles. The molecule has 17 heavy (non-hydrogen) atoms. The summed E-state index contributed by atoms with van der Waals surface area (Å²) in [4.78, 5) is 13.9. The smallest absolute Gasteiger partial charge is 0.222 e. The lowest BCUT2D eigenvalue weighted by atomic mass is 9.84. The zero-order chi connectivity index (χ0) is 13.1. The van der Waals surface area contributed by atoms with Gasteiger partial charge in [0.25, 0.3) is 0 Å². The summed E-state index contributed by atoms with van der Waals surface area (Å²) in [6.07, 6.45) is 5.12. The SMILES string of the molecule is CN(CC(C)(C)C)C(=O)CC1CCC(N)CC1. The van der Waals surface area contributed by atoms with Gasteiger partial charge in [-0.05, 0) is 37.0 Å². The molecule has 0 aromatic carbocycles. The lowest BCUT2D eigenvalue weighted by molar-refractivity contribution is -0.132. The van der Waals surface area contributed by atoms with E-state index in [1.54, 1.807) is 0 Å². The van der Waals surface area contributed by atoms with Gasteiger partial charge in [0, 0.05) is 26.1 Å². The van der Waals surface area contributed by atoms with Crippen LogP contribution in [0.25, 0.3) is 0 Å². The Balaban J connectivity index is 2.33. The average molecular weight is 240 g/mol. The van der Waals surface area contributed by atoms with Gasteiger partial charge in [-0.2, -0.15) is 0 Å². The molecule has 1 aliphatic carbocycles. The quantitative estimate of drug-likeness (QED) is 0.823. The van der Waals surface area contributed by atoms with E-state index in [9.17, 15) is 4.79 Å². The van der Waals surface area contributed by atoms with E-state index in [2.05, 4.69) is 20.8 Å². The predicted octanol–water partition coefficient (Wildman–Crippen LogP) is 2.40. The van der Waals surface area contributed by atoms with Gasteiger partial charge in [-0.3, -0.25) is 4.79 Å². The number of nitrogens with two attached hydrogens (primary N) is 1. The monoisotopic (exact) mass is 240 g/mol. The van der Waals surface area contributed by atoms with Crippen LogP contribution in [0, 0.1) is 11.3 Å². The Morgan fingerprint density at radius 2 is 1.76 bits per heavy atom. The van der Waals surface area contributed by atoms with Crippen molar-refractivity contribution in [2.45, 2.75) is 58.9 Å². The molecule has 3 heteroatoms. The number of amides is 1. The fourth-order valence-electron chi connectivity index (χ4n) is 2.59. The first kappa shape index (κ1) is 14.5. The van der Waals surface area contributed by atoms with Crippen LogP contribution in [0.4, 0.5) is 0 Å². The van der Waals surface area contributed by atoms with E-state index in [1.807, 2.05) is 11.9 Å². The molecule has 2 N–H and O–H groups in total. The van der Waals surface area contributed by atoms with Crippen molar-refractivity contribution in [3.05, 3.63) is 0 Å². The predicted molar refractivity (Wildman–Crippen MR) is 71.6 cm³/mol. The van der Waals surface area contributed by atoms with Gasteiger partial charge in [0.2, 0.25) is 5.91 Å². The molecule has 1 saturated carbocycles. The third-order valence-electron chi connectivity index (χ3n) is 3.49. The molecule has 1 fully saturated rings. The van der Waals surface area contributed by atoms with Crippen LogP contribution in [0.15, 0.2) is 0 Å². The largest absolute Gasteiger partial charge is 0.345 e. The second-order valence-electron chi connectivity index (χ2n) is 6.80. The van der Waals surface area contributed by atoms with Crippen LogP contribution in [-0.2, 0) is 4.79 Å². The maximum atomic E-state index is 12.1. The van der Waals surface area contributed by atoms with Gasteiger partial charge in [0.1, 0.15) is 0 Å². The second-order valence-corrected chi connectivity index (χ2v) is 6.80. The van der Waals surface area contributed by atoms with E-state index in [0.29, 0.717) is 24.3 Å². The topological polar surface area (TPSA) is 46.3 Å². The van der Waals surface area contributed by atoms with Crippen molar-refractivity contribution in [3.8, 4) is 0 Å². The Morgan fingerprint density at radius 3 is 2.24 bits per heavy atom. The van der Waals surface area contributed by atoms with Crippen molar-refractivity contribution < 1.29 is 4.79 Å². The Labute approximate surface area is 106 Å². The summed E-state index contributed by atoms with van der Waals surface area (Å²) in [5.74, 6) is 0.852. The van der Waals surface area contributed by atoms with Gasteiger partial charge >= 0.3 is 0 Å². The number of rotatable bonds is 3. The summed E-state index contributed by atoms with van der Waals surface area (Å²) < 4.78 is 0. The molecule has 0 spiro atoms. The van der Waals surface area contributed by atoms with Crippen LogP contribution < -0.4 is 5.73 Å². The van der Waals surface area contributed by atoms with Crippen molar-refractivity contribution in [3.63, 3.8) is 0 Å². The van der Waals surface area contributed by atoms with Gasteiger partial charge in [-0.25, -0.2) is 0 Å². The Kier molecular flexibility index (Phi) is 4.99. The first-order valence-electron chi connectivity index (χ1n) is 6.77. The molecular weight excluding hydrogens is 212 g/mol. The summed E-state index contributed by atoms with van der Waals surface area (Å²) in [5.41, 5.74) is 6.06. The molecule has 0 saturated heterocycles. The zero-order valence-electron chi connectivity index (χ0n) is 11.8. The molecule has 100 valence electrons. The second kappa shape index (κ2) is 5.85. The summed E-state index contributed by atoms with van der Waals surface area (Å²) in [6.45, 7) is 7.32. The van der Waals surface area contributed by atoms with Gasteiger partial charge in [0.15, 0.2) is 0 Å². The highest BCUT2D eigenvalue weighted by atomic mass is 16.2. The molecule has 3 nitrogen and oxygen atoms in total. The highest BCUT2D eigenvalue weighted by Crippen LogP contribution is 2.26. The molecule has 0 unspecified atom stereocenters. The van der Waals surface area contributed by atoms with Crippen molar-refractivity contribution in [2.24, 2.45) is 17.1 Å². The van der Waals surface area contributed by atoms with Gasteiger partial charge in [-0.15, -0.1) is 0 Å². The Morgan fingerprint density at radius 1 is 1.24 bits per heavy atom. The van der Waals surface area contributed by atoms with Crippen molar-refractivity contribution >= 4 is 5.91 Å². The van der Waals surface area contributed by atoms with E-state index in [1.165, 1.54) is 0 Å². The molecule has 1 amide bonds. The number of nitrogens with zero attached hydrogens (tertiary/aromatic N) is 1. The maximum Gasteiger partial charge on any atom is 0.222 e. The molecule has 0 aliphatic heterocycles. The van der Waals surface area contributed by atoms with Crippen LogP contribution >= 0.6 is 0 Å². The molecule has 0 bridgehead atoms. The minimum atomic E-state index is 0.180. The molecule has 0 aromatic rings. The fraction of sp³-hybridized carbons (Fsp3) is 0.929. The minimum Gasteiger partial charge on any atom is -0.345 e. The number of hydrogen-bond acceptors (Lipinski definition) is 2. The molecule has 1 aliphatic rings. The first-order chi connectivity index (χ1) is 7.78. The van der Waals surface area contributed by atoms with Gasteiger partial charge in [-0.1, -0.05) is 20.8 Å². The van der Waals surface area contributed by atoms with Crippen molar-refractivity contribution in [2.75, 3.05) is 13.6 Å². The number of hydrogen-bond donors (Lipinski definition) is 1. The highest BCUT2D eigenvalue weighted by molar-refractivity contribution is 5.76. The third-order valence-corrected chi connectivity index (χ3v) is 3.49. The van der Waals surface area contributed by atoms with E-state index >= 15 is 0 Å². The minimum absolute atomic E-state index is 0.180. The van der Waals surface area contributed by atoms with Crippen molar-refractivity contribution in [1.82, 2.24) is 4.90 Å². The van der Waals surface area contributed by atoms with Gasteiger partial charge < -0.3 is 10.6 Å². The lowest BCUT2D eigenvalue weighted by Gasteiger charge is -2.30. The average Bonchev–Trinajstić information content (AvgIpc) is 2.19. The van der Waals surface area contributed by atoms with Crippen molar-refractivity contribution in [1.29, 1.82) is 0 Å². The van der Waals surface area contributed by atoms with Crippen LogP contribution in [0.3, 0.4) is 0 Å². The van der Waals surface area contributed by atoms with Crippen LogP contribution in [-0.4, -0.2) is 30.4 Å². The van der Waals surface area contributed by atoms with E-state index in [-0.39, 0.29) is 5.41 Å². The van der Waals surface area contributed by atoms with E-state index < -0.39 is 0 Å². The summed E-state index contributed by atoms with van der Waals surface area (Å²) in [6, 6.07) is 0.369. The summed E-state index contributed by atoms with van der Waals surface area (Å²) in [7, 11) is 1.92. The molecule has 0 atom stereocenters. The molecule has 0 heterocycles. The number of carbonyl (C=O) groups excluding carboxylic acids is 1. The zero-order valence-corrected chi connectivity index (χ0v) is 11.8. The van der Waals surface area contributed by atoms with E-state index in [0.717, 1.165) is 32.2 Å². The lowest BCUT2D eigenvalue weighted by Crippen LogP contribution is -2.36. The van der Waals surface area contributed by atoms with Crippen LogP contribution in [0.1, 0.15) is 52.9 Å². The van der Waals surface area contributed by atoms with Crippen LogP contribution in [0.5, 0.6) is 0 Å². The Bertz CT molecular complexity index is 249. The summed E-state index contributed by atoms with van der Waals surface area (Å²) in [5, 5.41) is 0. The van der Waals surface area contributed by atoms with Gasteiger partial charge in [0.05, 0.1) is 0 Å². The maximum absolute atomic E-state index is 12.1. The highest BCUT2D eigenvalue weighted by Gasteiger charge is 2.24. The molecule has 1 rings (SSSR count). The fourth-order valence-corrected chi connectivity index (χ4v) is 2.59. The van der Waals surface area contributed by atoms with E-state index in [4.69, 9.17) is 5.73 Å². The standard InChI is InChI=1S/C14H28N2O/c1-14(2,3)10-16(4)13(17)9-11-5-7-12(15)8-6-11/h11-12H,5-10,15H2,1-4H3. The molecular formula is C14H28N2O. The van der Waals surface area contributed by atoms with Crippen LogP contribution in [0.2, 0.25) is 0 Å². The first-order valence-corrected chi connectivity index (χ1v) is 6.77. The normalized spacial score (nSPS) is 25.7. The molecule has 0 radical (unpaired) electrons. The Hall–Kier alpha value is -0.570.